The van der Waals surface area contributed by atoms with Crippen LogP contribution in [0.15, 0.2) is 24.3 Å². The van der Waals surface area contributed by atoms with E-state index in [1.807, 2.05) is 6.92 Å². The predicted molar refractivity (Wildman–Crippen MR) is 69.3 cm³/mol. The lowest BCUT2D eigenvalue weighted by Crippen LogP contribution is -2.14. The number of Topliss-reactive ketones (excluding diaryl/α,β-unsaturated/α-hetero) is 1. The van der Waals surface area contributed by atoms with Crippen molar-refractivity contribution in [1.82, 2.24) is 0 Å². The number of rotatable bonds is 6. The molecule has 3 nitrogen and oxygen atoms in total. The average Bonchev–Trinajstić information content (AvgIpc) is 2.37. The van der Waals surface area contributed by atoms with Crippen LogP contribution in [0.4, 0.5) is 5.69 Å². The Hall–Kier alpha value is -1.64. The van der Waals surface area contributed by atoms with Crippen molar-refractivity contribution in [2.24, 2.45) is 5.92 Å². The molecular weight excluding hydrogens is 214 g/mol. The SMILES string of the molecule is CCCC(C)C(=O)c1ccc(N(C)C=O)cc1. The number of amides is 1. The molecule has 0 bridgehead atoms. The van der Waals surface area contributed by atoms with Gasteiger partial charge in [-0.3, -0.25) is 9.59 Å². The van der Waals surface area contributed by atoms with E-state index in [1.165, 1.54) is 4.90 Å². The summed E-state index contributed by atoms with van der Waals surface area (Å²) in [7, 11) is 1.68. The molecule has 0 heterocycles. The van der Waals surface area contributed by atoms with Crippen molar-refractivity contribution >= 4 is 17.9 Å². The molecule has 0 N–H and O–H groups in total. The average molecular weight is 233 g/mol. The summed E-state index contributed by atoms with van der Waals surface area (Å²) in [6.45, 7) is 4.03. The summed E-state index contributed by atoms with van der Waals surface area (Å²) in [5.41, 5.74) is 1.51. The molecule has 17 heavy (non-hydrogen) atoms. The minimum Gasteiger partial charge on any atom is -0.318 e. The quantitative estimate of drug-likeness (QED) is 0.559. The van der Waals surface area contributed by atoms with Crippen molar-refractivity contribution in [2.45, 2.75) is 26.7 Å². The van der Waals surface area contributed by atoms with Gasteiger partial charge in [0.1, 0.15) is 0 Å². The Labute approximate surface area is 102 Å². The lowest BCUT2D eigenvalue weighted by Gasteiger charge is -2.12. The second kappa shape index (κ2) is 6.18. The van der Waals surface area contributed by atoms with Crippen LogP contribution in [0.3, 0.4) is 0 Å². The molecule has 1 unspecified atom stereocenters. The van der Waals surface area contributed by atoms with Crippen molar-refractivity contribution in [3.05, 3.63) is 29.8 Å². The van der Waals surface area contributed by atoms with Crippen LogP contribution < -0.4 is 4.90 Å². The molecule has 0 aliphatic carbocycles. The first-order valence-electron chi connectivity index (χ1n) is 5.92. The second-order valence-corrected chi connectivity index (χ2v) is 4.32. The molecule has 1 aromatic rings. The third kappa shape index (κ3) is 3.41. The first-order chi connectivity index (χ1) is 8.10. The molecular formula is C14H19NO2. The maximum atomic E-state index is 12.0. The van der Waals surface area contributed by atoms with Crippen molar-refractivity contribution in [3.8, 4) is 0 Å². The van der Waals surface area contributed by atoms with E-state index >= 15 is 0 Å². The van der Waals surface area contributed by atoms with Gasteiger partial charge in [0.15, 0.2) is 5.78 Å². The maximum absolute atomic E-state index is 12.0. The van der Waals surface area contributed by atoms with E-state index in [2.05, 4.69) is 6.92 Å². The Bertz CT molecular complexity index is 384. The summed E-state index contributed by atoms with van der Waals surface area (Å²) < 4.78 is 0. The normalized spacial score (nSPS) is 11.9. The van der Waals surface area contributed by atoms with Crippen LogP contribution in [0.5, 0.6) is 0 Å². The third-order valence-corrected chi connectivity index (χ3v) is 2.89. The van der Waals surface area contributed by atoms with E-state index in [4.69, 9.17) is 0 Å². The van der Waals surface area contributed by atoms with E-state index in [0.717, 1.165) is 24.9 Å². The predicted octanol–water partition coefficient (Wildman–Crippen LogP) is 2.90. The molecule has 0 aliphatic rings. The molecule has 92 valence electrons. The molecule has 0 aromatic heterocycles. The Morgan fingerprint density at radius 3 is 2.41 bits per heavy atom. The Kier molecular flexibility index (Phi) is 4.88. The summed E-state index contributed by atoms with van der Waals surface area (Å²) in [4.78, 5) is 24.1. The summed E-state index contributed by atoms with van der Waals surface area (Å²) in [5, 5.41) is 0. The van der Waals surface area contributed by atoms with Crippen LogP contribution in [0.2, 0.25) is 0 Å². The van der Waals surface area contributed by atoms with E-state index in [1.54, 1.807) is 31.3 Å². The number of benzene rings is 1. The first kappa shape index (κ1) is 13.4. The van der Waals surface area contributed by atoms with Crippen LogP contribution in [0.25, 0.3) is 0 Å². The highest BCUT2D eigenvalue weighted by atomic mass is 16.1. The fourth-order valence-corrected chi connectivity index (χ4v) is 1.77. The van der Waals surface area contributed by atoms with Gasteiger partial charge in [0.25, 0.3) is 0 Å². The van der Waals surface area contributed by atoms with Crippen molar-refractivity contribution in [2.75, 3.05) is 11.9 Å². The first-order valence-corrected chi connectivity index (χ1v) is 5.92. The molecule has 1 rings (SSSR count). The highest BCUT2D eigenvalue weighted by molar-refractivity contribution is 5.98. The van der Waals surface area contributed by atoms with E-state index in [9.17, 15) is 9.59 Å². The minimum absolute atomic E-state index is 0.0645. The van der Waals surface area contributed by atoms with Gasteiger partial charge in [0.2, 0.25) is 6.41 Å². The van der Waals surface area contributed by atoms with Crippen LogP contribution in [-0.4, -0.2) is 19.2 Å². The van der Waals surface area contributed by atoms with Crippen LogP contribution in [0.1, 0.15) is 37.0 Å². The van der Waals surface area contributed by atoms with Gasteiger partial charge in [-0.15, -0.1) is 0 Å². The molecule has 1 amide bonds. The summed E-state index contributed by atoms with van der Waals surface area (Å²) in [5.74, 6) is 0.238. The van der Waals surface area contributed by atoms with E-state index in [0.29, 0.717) is 5.56 Å². The summed E-state index contributed by atoms with van der Waals surface area (Å²) in [6, 6.07) is 7.15. The number of carbonyl (C=O) groups excluding carboxylic acids is 2. The monoisotopic (exact) mass is 233 g/mol. The molecule has 1 aromatic carbocycles. The standard InChI is InChI=1S/C14H19NO2/c1-4-5-11(2)14(17)12-6-8-13(9-7-12)15(3)10-16/h6-11H,4-5H2,1-3H3. The summed E-state index contributed by atoms with van der Waals surface area (Å²) >= 11 is 0. The zero-order valence-corrected chi connectivity index (χ0v) is 10.6. The van der Waals surface area contributed by atoms with Gasteiger partial charge < -0.3 is 4.90 Å². The van der Waals surface area contributed by atoms with E-state index in [-0.39, 0.29) is 11.7 Å². The van der Waals surface area contributed by atoms with Gasteiger partial charge in [-0.05, 0) is 30.7 Å². The molecule has 0 saturated carbocycles. The zero-order valence-electron chi connectivity index (χ0n) is 10.6. The van der Waals surface area contributed by atoms with Crippen LogP contribution in [-0.2, 0) is 4.79 Å². The summed E-state index contributed by atoms with van der Waals surface area (Å²) in [6.07, 6.45) is 2.67. The Balaban J connectivity index is 2.80. The molecule has 1 atom stereocenters. The smallest absolute Gasteiger partial charge is 0.213 e. The molecule has 3 heteroatoms. The molecule has 0 aliphatic heterocycles. The van der Waals surface area contributed by atoms with Crippen LogP contribution >= 0.6 is 0 Å². The van der Waals surface area contributed by atoms with Crippen molar-refractivity contribution in [3.63, 3.8) is 0 Å². The number of carbonyl (C=O) groups is 2. The van der Waals surface area contributed by atoms with E-state index < -0.39 is 0 Å². The highest BCUT2D eigenvalue weighted by Crippen LogP contribution is 2.17. The topological polar surface area (TPSA) is 37.4 Å². The minimum atomic E-state index is 0.0645. The Morgan fingerprint density at radius 2 is 1.94 bits per heavy atom. The van der Waals surface area contributed by atoms with Gasteiger partial charge in [-0.2, -0.15) is 0 Å². The lowest BCUT2D eigenvalue weighted by molar-refractivity contribution is -0.107. The number of anilines is 1. The second-order valence-electron chi connectivity index (χ2n) is 4.32. The van der Waals surface area contributed by atoms with Gasteiger partial charge in [-0.1, -0.05) is 20.3 Å². The molecule has 0 fully saturated rings. The maximum Gasteiger partial charge on any atom is 0.213 e. The molecule has 0 spiro atoms. The fraction of sp³-hybridized carbons (Fsp3) is 0.429. The number of hydrogen-bond acceptors (Lipinski definition) is 2. The van der Waals surface area contributed by atoms with Gasteiger partial charge in [0, 0.05) is 24.2 Å². The molecule has 0 radical (unpaired) electrons. The van der Waals surface area contributed by atoms with Crippen molar-refractivity contribution in [1.29, 1.82) is 0 Å². The number of nitrogens with zero attached hydrogens (tertiary/aromatic N) is 1. The Morgan fingerprint density at radius 1 is 1.35 bits per heavy atom. The number of ketones is 1. The van der Waals surface area contributed by atoms with Crippen LogP contribution in [0, 0.1) is 5.92 Å². The third-order valence-electron chi connectivity index (χ3n) is 2.89. The number of hydrogen-bond donors (Lipinski definition) is 0. The fourth-order valence-electron chi connectivity index (χ4n) is 1.77. The van der Waals surface area contributed by atoms with Crippen molar-refractivity contribution < 1.29 is 9.59 Å². The largest absolute Gasteiger partial charge is 0.318 e. The van der Waals surface area contributed by atoms with Gasteiger partial charge in [0.05, 0.1) is 0 Å². The molecule has 0 saturated heterocycles. The zero-order chi connectivity index (χ0) is 12.8. The highest BCUT2D eigenvalue weighted by Gasteiger charge is 2.14. The van der Waals surface area contributed by atoms with Gasteiger partial charge >= 0.3 is 0 Å². The lowest BCUT2D eigenvalue weighted by atomic mass is 9.95. The van der Waals surface area contributed by atoms with Gasteiger partial charge in [-0.25, -0.2) is 0 Å².